The van der Waals surface area contributed by atoms with Gasteiger partial charge in [-0.2, -0.15) is 0 Å². The first-order valence-electron chi connectivity index (χ1n) is 8.11. The van der Waals surface area contributed by atoms with Crippen LogP contribution in [0.25, 0.3) is 0 Å². The molecule has 0 saturated carbocycles. The van der Waals surface area contributed by atoms with Crippen LogP contribution in [-0.4, -0.2) is 45.4 Å². The fourth-order valence-corrected chi connectivity index (χ4v) is 3.37. The lowest BCUT2D eigenvalue weighted by atomic mass is 10.0. The predicted octanol–water partition coefficient (Wildman–Crippen LogP) is 0.819. The van der Waals surface area contributed by atoms with E-state index in [1.807, 2.05) is 11.1 Å². The number of rotatable bonds is 4. The van der Waals surface area contributed by atoms with Crippen LogP contribution in [0.15, 0.2) is 12.4 Å². The first-order valence-corrected chi connectivity index (χ1v) is 8.11. The van der Waals surface area contributed by atoms with E-state index in [4.69, 9.17) is 0 Å². The molecule has 1 saturated heterocycles. The van der Waals surface area contributed by atoms with E-state index in [2.05, 4.69) is 28.7 Å². The van der Waals surface area contributed by atoms with E-state index in [-0.39, 0.29) is 23.8 Å². The van der Waals surface area contributed by atoms with E-state index in [1.54, 1.807) is 6.20 Å². The lowest BCUT2D eigenvalue weighted by Gasteiger charge is -2.26. The molecule has 1 aromatic rings. The van der Waals surface area contributed by atoms with Crippen molar-refractivity contribution in [1.29, 1.82) is 0 Å². The first-order chi connectivity index (χ1) is 10.5. The average molecular weight is 304 g/mol. The summed E-state index contributed by atoms with van der Waals surface area (Å²) in [4.78, 5) is 30.5. The van der Waals surface area contributed by atoms with Gasteiger partial charge in [0.05, 0.1) is 5.92 Å². The molecule has 2 amide bonds. The van der Waals surface area contributed by atoms with Crippen LogP contribution in [0.4, 0.5) is 0 Å². The Balaban J connectivity index is 1.54. The van der Waals surface area contributed by atoms with Crippen LogP contribution in [0.3, 0.4) is 0 Å². The molecule has 0 aromatic carbocycles. The van der Waals surface area contributed by atoms with Crippen molar-refractivity contribution in [2.45, 2.75) is 45.7 Å². The molecule has 3 rings (SSSR count). The number of hydrogen-bond donors (Lipinski definition) is 1. The zero-order valence-electron chi connectivity index (χ0n) is 13.3. The number of nitrogens with one attached hydrogen (secondary N) is 1. The summed E-state index contributed by atoms with van der Waals surface area (Å²) in [6.07, 6.45) is 5.91. The van der Waals surface area contributed by atoms with Crippen molar-refractivity contribution >= 4 is 11.8 Å². The fraction of sp³-hybridized carbons (Fsp3) is 0.688. The second kappa shape index (κ2) is 6.10. The molecule has 6 heteroatoms. The van der Waals surface area contributed by atoms with Gasteiger partial charge in [0.15, 0.2) is 0 Å². The van der Waals surface area contributed by atoms with Gasteiger partial charge in [-0.3, -0.25) is 9.59 Å². The predicted molar refractivity (Wildman–Crippen MR) is 82.0 cm³/mol. The van der Waals surface area contributed by atoms with Crippen LogP contribution >= 0.6 is 0 Å². The smallest absolute Gasteiger partial charge is 0.225 e. The van der Waals surface area contributed by atoms with Gasteiger partial charge in [-0.05, 0) is 12.3 Å². The molecule has 2 atom stereocenters. The number of hydrogen-bond acceptors (Lipinski definition) is 3. The Kier molecular flexibility index (Phi) is 4.18. The normalized spacial score (nSPS) is 24.7. The molecule has 0 aliphatic carbocycles. The summed E-state index contributed by atoms with van der Waals surface area (Å²) in [5.74, 6) is 1.45. The van der Waals surface area contributed by atoms with Crippen LogP contribution in [0.1, 0.15) is 32.5 Å². The third-order valence-corrected chi connectivity index (χ3v) is 4.45. The lowest BCUT2D eigenvalue weighted by molar-refractivity contribution is -0.129. The molecule has 3 heterocycles. The molecule has 120 valence electrons. The number of fused-ring (bicyclic) bond motifs is 1. The number of carbonyl (C=O) groups is 2. The Morgan fingerprint density at radius 2 is 2.27 bits per heavy atom. The maximum atomic E-state index is 12.4. The van der Waals surface area contributed by atoms with Crippen molar-refractivity contribution in [3.63, 3.8) is 0 Å². The minimum atomic E-state index is -0.199. The fourth-order valence-electron chi connectivity index (χ4n) is 3.37. The summed E-state index contributed by atoms with van der Waals surface area (Å²) in [7, 11) is 0. The van der Waals surface area contributed by atoms with Gasteiger partial charge in [-0.25, -0.2) is 4.98 Å². The largest absolute Gasteiger partial charge is 0.351 e. The highest BCUT2D eigenvalue weighted by Crippen LogP contribution is 2.20. The Labute approximate surface area is 130 Å². The molecule has 1 fully saturated rings. The van der Waals surface area contributed by atoms with Crippen LogP contribution < -0.4 is 5.32 Å². The summed E-state index contributed by atoms with van der Waals surface area (Å²) >= 11 is 0. The van der Waals surface area contributed by atoms with E-state index in [0.717, 1.165) is 31.8 Å². The highest BCUT2D eigenvalue weighted by Gasteiger charge is 2.35. The van der Waals surface area contributed by atoms with Crippen LogP contribution in [-0.2, 0) is 22.6 Å². The molecule has 1 aromatic heterocycles. The number of nitrogens with zero attached hydrogens (tertiary/aromatic N) is 3. The Hall–Kier alpha value is -1.85. The average Bonchev–Trinajstić information content (AvgIpc) is 3.05. The van der Waals surface area contributed by atoms with Crippen LogP contribution in [0, 0.1) is 11.8 Å². The van der Waals surface area contributed by atoms with E-state index in [9.17, 15) is 9.59 Å². The maximum absolute atomic E-state index is 12.4. The summed E-state index contributed by atoms with van der Waals surface area (Å²) < 4.78 is 2.10. The zero-order chi connectivity index (χ0) is 15.7. The third-order valence-electron chi connectivity index (χ3n) is 4.45. The third kappa shape index (κ3) is 3.15. The topological polar surface area (TPSA) is 67.2 Å². The van der Waals surface area contributed by atoms with E-state index < -0.39 is 0 Å². The standard InChI is InChI=1S/C16H24N4O2/c1-11(2)8-20-9-12(7-15(20)21)16(22)18-13-3-4-14-17-5-6-19(14)10-13/h5-6,11-13H,3-4,7-10H2,1-2H3,(H,18,22)/t12-,13-/m1/s1. The lowest BCUT2D eigenvalue weighted by Crippen LogP contribution is -2.44. The molecule has 0 spiro atoms. The van der Waals surface area contributed by atoms with Gasteiger partial charge in [-0.1, -0.05) is 13.8 Å². The zero-order valence-corrected chi connectivity index (χ0v) is 13.3. The molecule has 2 aliphatic rings. The number of imidazole rings is 1. The van der Waals surface area contributed by atoms with Gasteiger partial charge in [0.1, 0.15) is 5.82 Å². The molecule has 0 bridgehead atoms. The van der Waals surface area contributed by atoms with Gasteiger partial charge in [0, 0.05) is 50.9 Å². The summed E-state index contributed by atoms with van der Waals surface area (Å²) in [5, 5.41) is 3.12. The number of carbonyl (C=O) groups excluding carboxylic acids is 2. The summed E-state index contributed by atoms with van der Waals surface area (Å²) in [6, 6.07) is 0.142. The molecular weight excluding hydrogens is 280 g/mol. The molecule has 0 radical (unpaired) electrons. The van der Waals surface area contributed by atoms with Gasteiger partial charge in [-0.15, -0.1) is 0 Å². The molecule has 22 heavy (non-hydrogen) atoms. The van der Waals surface area contributed by atoms with Crippen molar-refractivity contribution in [3.8, 4) is 0 Å². The summed E-state index contributed by atoms with van der Waals surface area (Å²) in [6.45, 7) is 6.25. The number of aryl methyl sites for hydroxylation is 1. The van der Waals surface area contributed by atoms with Gasteiger partial charge in [0.25, 0.3) is 0 Å². The van der Waals surface area contributed by atoms with Gasteiger partial charge in [0.2, 0.25) is 11.8 Å². The van der Waals surface area contributed by atoms with Crippen molar-refractivity contribution in [1.82, 2.24) is 19.8 Å². The second-order valence-corrected chi connectivity index (χ2v) is 6.83. The van der Waals surface area contributed by atoms with Gasteiger partial charge >= 0.3 is 0 Å². The van der Waals surface area contributed by atoms with E-state index in [0.29, 0.717) is 18.9 Å². The highest BCUT2D eigenvalue weighted by atomic mass is 16.2. The van der Waals surface area contributed by atoms with E-state index in [1.165, 1.54) is 0 Å². The molecule has 2 aliphatic heterocycles. The number of amides is 2. The highest BCUT2D eigenvalue weighted by molar-refractivity contribution is 5.89. The molecule has 0 unspecified atom stereocenters. The van der Waals surface area contributed by atoms with Crippen LogP contribution in [0.2, 0.25) is 0 Å². The first kappa shape index (κ1) is 15.1. The Morgan fingerprint density at radius 1 is 1.45 bits per heavy atom. The number of aromatic nitrogens is 2. The van der Waals surface area contributed by atoms with Crippen molar-refractivity contribution in [3.05, 3.63) is 18.2 Å². The maximum Gasteiger partial charge on any atom is 0.225 e. The van der Waals surface area contributed by atoms with Crippen molar-refractivity contribution < 1.29 is 9.59 Å². The quantitative estimate of drug-likeness (QED) is 0.895. The SMILES string of the molecule is CC(C)CN1C[C@H](C(=O)N[C@@H]2CCc3nccn3C2)CC1=O. The van der Waals surface area contributed by atoms with Crippen molar-refractivity contribution in [2.24, 2.45) is 11.8 Å². The van der Waals surface area contributed by atoms with Crippen molar-refractivity contribution in [2.75, 3.05) is 13.1 Å². The van der Waals surface area contributed by atoms with Gasteiger partial charge < -0.3 is 14.8 Å². The van der Waals surface area contributed by atoms with E-state index >= 15 is 0 Å². The monoisotopic (exact) mass is 304 g/mol. The molecule has 6 nitrogen and oxygen atoms in total. The molecule has 1 N–H and O–H groups in total. The minimum absolute atomic E-state index is 0.0215. The Bertz CT molecular complexity index is 566. The Morgan fingerprint density at radius 3 is 3.05 bits per heavy atom. The molecular formula is C16H24N4O2. The van der Waals surface area contributed by atoms with Crippen LogP contribution in [0.5, 0.6) is 0 Å². The minimum Gasteiger partial charge on any atom is -0.351 e. The number of likely N-dealkylation sites (tertiary alicyclic amines) is 1. The second-order valence-electron chi connectivity index (χ2n) is 6.83. The summed E-state index contributed by atoms with van der Waals surface area (Å²) in [5.41, 5.74) is 0.